The SMILES string of the molecule is CCc1oc2ccccc2c1CN(C)C(=O)Cn1cnc2c1c(=O)n(C)c(=O)n2C. The highest BCUT2D eigenvalue weighted by atomic mass is 16.3. The fourth-order valence-corrected chi connectivity index (χ4v) is 3.72. The Bertz CT molecular complexity index is 1390. The number of hydrogen-bond acceptors (Lipinski definition) is 5. The minimum atomic E-state index is -0.477. The molecule has 0 N–H and O–H groups in total. The van der Waals surface area contributed by atoms with Crippen LogP contribution in [-0.2, 0) is 38.4 Å². The third-order valence-corrected chi connectivity index (χ3v) is 5.45. The molecule has 1 aromatic carbocycles. The van der Waals surface area contributed by atoms with Crippen molar-refractivity contribution in [3.63, 3.8) is 0 Å². The van der Waals surface area contributed by atoms with Crippen molar-refractivity contribution in [1.29, 1.82) is 0 Å². The van der Waals surface area contributed by atoms with E-state index in [1.165, 1.54) is 22.5 Å². The summed E-state index contributed by atoms with van der Waals surface area (Å²) in [6.07, 6.45) is 2.14. The highest BCUT2D eigenvalue weighted by Gasteiger charge is 2.20. The number of imidazole rings is 1. The van der Waals surface area contributed by atoms with E-state index in [2.05, 4.69) is 4.98 Å². The summed E-state index contributed by atoms with van der Waals surface area (Å²) in [7, 11) is 4.67. The lowest BCUT2D eigenvalue weighted by atomic mass is 10.1. The van der Waals surface area contributed by atoms with Crippen LogP contribution in [-0.4, -0.2) is 36.5 Å². The highest BCUT2D eigenvalue weighted by molar-refractivity contribution is 5.83. The Hall–Kier alpha value is -3.62. The van der Waals surface area contributed by atoms with Crippen LogP contribution < -0.4 is 11.2 Å². The van der Waals surface area contributed by atoms with Gasteiger partial charge in [-0.05, 0) is 6.07 Å². The molecule has 3 aromatic heterocycles. The van der Waals surface area contributed by atoms with Gasteiger partial charge in [-0.25, -0.2) is 9.78 Å². The summed E-state index contributed by atoms with van der Waals surface area (Å²) in [6.45, 7) is 2.35. The van der Waals surface area contributed by atoms with Gasteiger partial charge in [-0.1, -0.05) is 25.1 Å². The number of hydrogen-bond donors (Lipinski definition) is 0. The minimum Gasteiger partial charge on any atom is -0.461 e. The normalized spacial score (nSPS) is 11.5. The minimum absolute atomic E-state index is 0.0579. The van der Waals surface area contributed by atoms with Crippen LogP contribution in [0.2, 0.25) is 0 Å². The van der Waals surface area contributed by atoms with Crippen molar-refractivity contribution in [2.45, 2.75) is 26.4 Å². The molecule has 0 unspecified atom stereocenters. The second kappa shape index (κ2) is 7.33. The topological polar surface area (TPSA) is 95.3 Å². The van der Waals surface area contributed by atoms with Crippen molar-refractivity contribution < 1.29 is 9.21 Å². The predicted octanol–water partition coefficient (Wildman–Crippen LogP) is 1.40. The Balaban J connectivity index is 1.64. The molecule has 4 aromatic rings. The van der Waals surface area contributed by atoms with Crippen molar-refractivity contribution in [2.75, 3.05) is 7.05 Å². The molecule has 0 atom stereocenters. The summed E-state index contributed by atoms with van der Waals surface area (Å²) in [6, 6.07) is 7.76. The van der Waals surface area contributed by atoms with Gasteiger partial charge in [0.25, 0.3) is 5.56 Å². The maximum atomic E-state index is 12.9. The first kappa shape index (κ1) is 19.7. The number of rotatable bonds is 5. The summed E-state index contributed by atoms with van der Waals surface area (Å²) < 4.78 is 9.72. The van der Waals surface area contributed by atoms with E-state index in [1.54, 1.807) is 19.0 Å². The van der Waals surface area contributed by atoms with Gasteiger partial charge < -0.3 is 13.9 Å². The van der Waals surface area contributed by atoms with Gasteiger partial charge in [0.15, 0.2) is 11.2 Å². The zero-order valence-corrected chi connectivity index (χ0v) is 17.4. The Morgan fingerprint density at radius 2 is 1.90 bits per heavy atom. The van der Waals surface area contributed by atoms with E-state index in [1.807, 2.05) is 31.2 Å². The second-order valence-electron chi connectivity index (χ2n) is 7.35. The molecule has 30 heavy (non-hydrogen) atoms. The van der Waals surface area contributed by atoms with Crippen molar-refractivity contribution in [3.8, 4) is 0 Å². The average molecular weight is 409 g/mol. The standard InChI is InChI=1S/C21H23N5O4/c1-5-15-14(13-8-6-7-9-16(13)30-15)10-23(2)17(27)11-26-12-22-19-18(26)20(28)25(4)21(29)24(19)3/h6-9,12H,5,10-11H2,1-4H3. The molecule has 4 rings (SSSR count). The number of likely N-dealkylation sites (N-methyl/N-ethyl adjacent to an activating group) is 1. The van der Waals surface area contributed by atoms with Crippen LogP contribution in [0.25, 0.3) is 22.1 Å². The second-order valence-corrected chi connectivity index (χ2v) is 7.35. The van der Waals surface area contributed by atoms with Gasteiger partial charge in [0.05, 0.1) is 6.33 Å². The molecule has 9 heteroatoms. The Labute approximate surface area is 171 Å². The van der Waals surface area contributed by atoms with E-state index < -0.39 is 11.2 Å². The average Bonchev–Trinajstić information content (AvgIpc) is 3.32. The molecular formula is C21H23N5O4. The van der Waals surface area contributed by atoms with Crippen LogP contribution >= 0.6 is 0 Å². The van der Waals surface area contributed by atoms with Crippen LogP contribution in [0.5, 0.6) is 0 Å². The first-order valence-electron chi connectivity index (χ1n) is 9.67. The molecule has 0 aliphatic heterocycles. The van der Waals surface area contributed by atoms with Crippen LogP contribution in [0.1, 0.15) is 18.2 Å². The Morgan fingerprint density at radius 1 is 1.17 bits per heavy atom. The van der Waals surface area contributed by atoms with Crippen molar-refractivity contribution in [1.82, 2.24) is 23.6 Å². The molecule has 3 heterocycles. The van der Waals surface area contributed by atoms with E-state index in [-0.39, 0.29) is 23.6 Å². The van der Waals surface area contributed by atoms with E-state index in [4.69, 9.17) is 4.42 Å². The molecule has 1 amide bonds. The summed E-state index contributed by atoms with van der Waals surface area (Å²) in [5.41, 5.74) is 1.33. The zero-order chi connectivity index (χ0) is 21.6. The monoisotopic (exact) mass is 409 g/mol. The number of benzene rings is 1. The van der Waals surface area contributed by atoms with Gasteiger partial charge in [-0.15, -0.1) is 0 Å². The summed E-state index contributed by atoms with van der Waals surface area (Å²) in [4.78, 5) is 43.4. The molecule has 0 spiro atoms. The highest BCUT2D eigenvalue weighted by Crippen LogP contribution is 2.27. The maximum Gasteiger partial charge on any atom is 0.332 e. The third kappa shape index (κ3) is 3.02. The van der Waals surface area contributed by atoms with Crippen LogP contribution in [0.15, 0.2) is 44.6 Å². The van der Waals surface area contributed by atoms with Gasteiger partial charge in [0.1, 0.15) is 17.9 Å². The lowest BCUT2D eigenvalue weighted by Crippen LogP contribution is -2.38. The number of furan rings is 1. The number of fused-ring (bicyclic) bond motifs is 2. The number of amides is 1. The molecule has 0 aliphatic rings. The molecule has 0 fully saturated rings. The van der Waals surface area contributed by atoms with Gasteiger partial charge in [-0.3, -0.25) is 18.7 Å². The first-order valence-corrected chi connectivity index (χ1v) is 9.67. The number of aromatic nitrogens is 4. The van der Waals surface area contributed by atoms with Gasteiger partial charge >= 0.3 is 5.69 Å². The first-order chi connectivity index (χ1) is 14.3. The lowest BCUT2D eigenvalue weighted by molar-refractivity contribution is -0.131. The zero-order valence-electron chi connectivity index (χ0n) is 17.4. The fraction of sp³-hybridized carbons (Fsp3) is 0.333. The summed E-state index contributed by atoms with van der Waals surface area (Å²) in [5.74, 6) is 0.672. The number of aryl methyl sites for hydroxylation is 2. The number of para-hydroxylation sites is 1. The van der Waals surface area contributed by atoms with Crippen molar-refractivity contribution >= 4 is 28.0 Å². The third-order valence-electron chi connectivity index (χ3n) is 5.45. The van der Waals surface area contributed by atoms with Crippen molar-refractivity contribution in [2.24, 2.45) is 14.1 Å². The van der Waals surface area contributed by atoms with E-state index in [9.17, 15) is 14.4 Å². The van der Waals surface area contributed by atoms with Crippen molar-refractivity contribution in [3.05, 3.63) is 62.8 Å². The van der Waals surface area contributed by atoms with Gasteiger partial charge in [0.2, 0.25) is 5.91 Å². The number of carbonyl (C=O) groups excluding carboxylic acids is 1. The van der Waals surface area contributed by atoms with E-state index in [0.717, 1.165) is 33.3 Å². The Kier molecular flexibility index (Phi) is 4.81. The van der Waals surface area contributed by atoms with Crippen LogP contribution in [0.3, 0.4) is 0 Å². The smallest absolute Gasteiger partial charge is 0.332 e. The quantitative estimate of drug-likeness (QED) is 0.497. The van der Waals surface area contributed by atoms with Crippen LogP contribution in [0, 0.1) is 0 Å². The summed E-state index contributed by atoms with van der Waals surface area (Å²) in [5, 5.41) is 0.992. The van der Waals surface area contributed by atoms with E-state index in [0.29, 0.717) is 6.54 Å². The Morgan fingerprint density at radius 3 is 2.63 bits per heavy atom. The molecule has 0 saturated carbocycles. The van der Waals surface area contributed by atoms with Gasteiger partial charge in [-0.2, -0.15) is 0 Å². The molecule has 156 valence electrons. The lowest BCUT2D eigenvalue weighted by Gasteiger charge is -2.18. The number of nitrogens with zero attached hydrogens (tertiary/aromatic N) is 5. The van der Waals surface area contributed by atoms with E-state index >= 15 is 0 Å². The van der Waals surface area contributed by atoms with Gasteiger partial charge in [0, 0.05) is 45.1 Å². The predicted molar refractivity (Wildman–Crippen MR) is 112 cm³/mol. The fourth-order valence-electron chi connectivity index (χ4n) is 3.72. The molecule has 0 bridgehead atoms. The molecule has 0 aliphatic carbocycles. The largest absolute Gasteiger partial charge is 0.461 e. The molecule has 9 nitrogen and oxygen atoms in total. The number of carbonyl (C=O) groups is 1. The molecule has 0 saturated heterocycles. The molecular weight excluding hydrogens is 386 g/mol. The maximum absolute atomic E-state index is 12.9. The summed E-state index contributed by atoms with van der Waals surface area (Å²) >= 11 is 0. The van der Waals surface area contributed by atoms with Crippen LogP contribution in [0.4, 0.5) is 0 Å². The molecule has 0 radical (unpaired) electrons.